The van der Waals surface area contributed by atoms with Crippen molar-refractivity contribution in [3.05, 3.63) is 35.4 Å². The summed E-state index contributed by atoms with van der Waals surface area (Å²) in [7, 11) is 0. The summed E-state index contributed by atoms with van der Waals surface area (Å²) in [4.78, 5) is 0. The van der Waals surface area contributed by atoms with Crippen LogP contribution in [0.3, 0.4) is 0 Å². The van der Waals surface area contributed by atoms with E-state index in [1.54, 1.807) is 0 Å². The Morgan fingerprint density at radius 3 is 2.85 bits per heavy atom. The van der Waals surface area contributed by atoms with Gasteiger partial charge in [0.05, 0.1) is 0 Å². The minimum Gasteiger partial charge on any atom is -0.309 e. The van der Waals surface area contributed by atoms with Crippen molar-refractivity contribution in [1.29, 1.82) is 0 Å². The van der Waals surface area contributed by atoms with Gasteiger partial charge in [0.1, 0.15) is 0 Å². The van der Waals surface area contributed by atoms with Crippen LogP contribution >= 0.6 is 11.8 Å². The Bertz CT molecular complexity index is 396. The molecule has 1 aliphatic rings. The maximum Gasteiger partial charge on any atom is 0.0440 e. The Morgan fingerprint density at radius 2 is 2.20 bits per heavy atom. The van der Waals surface area contributed by atoms with Crippen molar-refractivity contribution in [3.63, 3.8) is 0 Å². The lowest BCUT2D eigenvalue weighted by Crippen LogP contribution is -2.29. The molecule has 0 radical (unpaired) electrons. The molecule has 0 bridgehead atoms. The summed E-state index contributed by atoms with van der Waals surface area (Å²) < 4.78 is 0. The third-order valence-electron chi connectivity index (χ3n) is 3.91. The van der Waals surface area contributed by atoms with Crippen LogP contribution in [0.1, 0.15) is 57.2 Å². The molecule has 1 heterocycles. The van der Waals surface area contributed by atoms with E-state index >= 15 is 0 Å². The first-order valence-corrected chi connectivity index (χ1v) is 9.19. The second-order valence-electron chi connectivity index (χ2n) is 6.33. The molecule has 1 saturated heterocycles. The maximum absolute atomic E-state index is 3.79. The summed E-state index contributed by atoms with van der Waals surface area (Å²) in [5, 5.41) is 4.55. The maximum atomic E-state index is 3.79. The minimum atomic E-state index is 0.537. The monoisotopic (exact) mass is 291 g/mol. The summed E-state index contributed by atoms with van der Waals surface area (Å²) in [6.45, 7) is 7.97. The zero-order valence-corrected chi connectivity index (χ0v) is 14.0. The average Bonchev–Trinajstić information content (AvgIpc) is 2.93. The highest BCUT2D eigenvalue weighted by Gasteiger charge is 2.26. The first kappa shape index (κ1) is 15.9. The van der Waals surface area contributed by atoms with Crippen molar-refractivity contribution in [2.75, 3.05) is 12.3 Å². The van der Waals surface area contributed by atoms with E-state index in [-0.39, 0.29) is 0 Å². The quantitative estimate of drug-likeness (QED) is 0.773. The number of thioether (sulfide) groups is 1. The van der Waals surface area contributed by atoms with Gasteiger partial charge in [-0.05, 0) is 55.0 Å². The lowest BCUT2D eigenvalue weighted by Gasteiger charge is -2.25. The van der Waals surface area contributed by atoms with Crippen molar-refractivity contribution in [2.24, 2.45) is 5.92 Å². The summed E-state index contributed by atoms with van der Waals surface area (Å²) in [6.07, 6.45) is 5.14. The van der Waals surface area contributed by atoms with Gasteiger partial charge in [-0.3, -0.25) is 0 Å². The molecule has 1 aliphatic heterocycles. The molecule has 20 heavy (non-hydrogen) atoms. The van der Waals surface area contributed by atoms with Gasteiger partial charge in [0.25, 0.3) is 0 Å². The molecule has 2 unspecified atom stereocenters. The summed E-state index contributed by atoms with van der Waals surface area (Å²) in [5.41, 5.74) is 2.99. The Kier molecular flexibility index (Phi) is 6.44. The number of hydrogen-bond acceptors (Lipinski definition) is 2. The molecule has 1 N–H and O–H groups in total. The Hall–Kier alpha value is -0.470. The molecule has 2 rings (SSSR count). The Labute approximate surface area is 128 Å². The molecular formula is C18H29NS. The van der Waals surface area contributed by atoms with Gasteiger partial charge in [-0.1, -0.05) is 45.0 Å². The van der Waals surface area contributed by atoms with E-state index in [4.69, 9.17) is 0 Å². The molecule has 1 aromatic carbocycles. The summed E-state index contributed by atoms with van der Waals surface area (Å²) in [5.74, 6) is 2.06. The van der Waals surface area contributed by atoms with E-state index < -0.39 is 0 Å². The normalized spacial score (nSPS) is 20.5. The minimum absolute atomic E-state index is 0.537. The zero-order valence-electron chi connectivity index (χ0n) is 13.2. The van der Waals surface area contributed by atoms with Gasteiger partial charge in [-0.2, -0.15) is 11.8 Å². The standard InChI is InChI=1S/C18H29NS/c1-4-10-19-18(17-9-6-11-20-17)16-8-5-7-15(13-16)12-14(2)3/h5,7-8,13-14,17-19H,4,6,9-12H2,1-3H3. The van der Waals surface area contributed by atoms with Gasteiger partial charge in [0.15, 0.2) is 0 Å². The van der Waals surface area contributed by atoms with Crippen LogP contribution in [-0.2, 0) is 6.42 Å². The van der Waals surface area contributed by atoms with Crippen LogP contribution in [0.15, 0.2) is 24.3 Å². The average molecular weight is 292 g/mol. The molecular weight excluding hydrogens is 262 g/mol. The first-order chi connectivity index (χ1) is 9.70. The van der Waals surface area contributed by atoms with Gasteiger partial charge in [0.2, 0.25) is 0 Å². The molecule has 1 nitrogen and oxygen atoms in total. The third kappa shape index (κ3) is 4.53. The predicted octanol–water partition coefficient (Wildman–Crippen LogP) is 4.82. The number of rotatable bonds is 7. The molecule has 0 amide bonds. The number of nitrogens with one attached hydrogen (secondary N) is 1. The SMILES string of the molecule is CCCNC(c1cccc(CC(C)C)c1)C1CCCS1. The molecule has 112 valence electrons. The van der Waals surface area contributed by atoms with Crippen molar-refractivity contribution >= 4 is 11.8 Å². The molecule has 2 heteroatoms. The van der Waals surface area contributed by atoms with E-state index in [2.05, 4.69) is 62.1 Å². The topological polar surface area (TPSA) is 12.0 Å². The van der Waals surface area contributed by atoms with Crippen LogP contribution in [0.5, 0.6) is 0 Å². The fourth-order valence-corrected chi connectivity index (χ4v) is 4.43. The largest absolute Gasteiger partial charge is 0.309 e. The van der Waals surface area contributed by atoms with Gasteiger partial charge in [0, 0.05) is 11.3 Å². The predicted molar refractivity (Wildman–Crippen MR) is 91.5 cm³/mol. The fraction of sp³-hybridized carbons (Fsp3) is 0.667. The molecule has 0 aliphatic carbocycles. The van der Waals surface area contributed by atoms with E-state index in [1.165, 1.54) is 42.6 Å². The van der Waals surface area contributed by atoms with Crippen LogP contribution in [0.25, 0.3) is 0 Å². The van der Waals surface area contributed by atoms with E-state index in [0.717, 1.165) is 17.7 Å². The van der Waals surface area contributed by atoms with E-state index in [0.29, 0.717) is 6.04 Å². The summed E-state index contributed by atoms with van der Waals surface area (Å²) in [6, 6.07) is 9.81. The Morgan fingerprint density at radius 1 is 1.35 bits per heavy atom. The fourth-order valence-electron chi connectivity index (χ4n) is 3.01. The van der Waals surface area contributed by atoms with Crippen LogP contribution in [0, 0.1) is 5.92 Å². The molecule has 2 atom stereocenters. The second kappa shape index (κ2) is 8.09. The van der Waals surface area contributed by atoms with Gasteiger partial charge in [-0.15, -0.1) is 0 Å². The van der Waals surface area contributed by atoms with Crippen molar-refractivity contribution in [1.82, 2.24) is 5.32 Å². The van der Waals surface area contributed by atoms with Gasteiger partial charge < -0.3 is 5.32 Å². The zero-order chi connectivity index (χ0) is 14.4. The van der Waals surface area contributed by atoms with Crippen molar-refractivity contribution < 1.29 is 0 Å². The highest BCUT2D eigenvalue weighted by atomic mass is 32.2. The number of benzene rings is 1. The van der Waals surface area contributed by atoms with Gasteiger partial charge >= 0.3 is 0 Å². The summed E-state index contributed by atoms with van der Waals surface area (Å²) >= 11 is 2.15. The van der Waals surface area contributed by atoms with Crippen molar-refractivity contribution in [2.45, 2.75) is 57.7 Å². The van der Waals surface area contributed by atoms with Crippen LogP contribution < -0.4 is 5.32 Å². The molecule has 0 saturated carbocycles. The smallest absolute Gasteiger partial charge is 0.0440 e. The third-order valence-corrected chi connectivity index (χ3v) is 5.37. The first-order valence-electron chi connectivity index (χ1n) is 8.14. The molecule has 1 fully saturated rings. The Balaban J connectivity index is 2.14. The molecule has 0 aromatic heterocycles. The van der Waals surface area contributed by atoms with E-state index in [1.807, 2.05) is 0 Å². The second-order valence-corrected chi connectivity index (χ2v) is 7.67. The van der Waals surface area contributed by atoms with Crippen LogP contribution in [-0.4, -0.2) is 17.5 Å². The molecule has 0 spiro atoms. The van der Waals surface area contributed by atoms with Gasteiger partial charge in [-0.25, -0.2) is 0 Å². The van der Waals surface area contributed by atoms with Crippen molar-refractivity contribution in [3.8, 4) is 0 Å². The number of hydrogen-bond donors (Lipinski definition) is 1. The highest BCUT2D eigenvalue weighted by molar-refractivity contribution is 8.00. The van der Waals surface area contributed by atoms with Crippen LogP contribution in [0.2, 0.25) is 0 Å². The van der Waals surface area contributed by atoms with E-state index in [9.17, 15) is 0 Å². The lowest BCUT2D eigenvalue weighted by atomic mass is 9.95. The van der Waals surface area contributed by atoms with Crippen LogP contribution in [0.4, 0.5) is 0 Å². The molecule has 1 aromatic rings. The highest BCUT2D eigenvalue weighted by Crippen LogP contribution is 2.36. The lowest BCUT2D eigenvalue weighted by molar-refractivity contribution is 0.502.